The van der Waals surface area contributed by atoms with Gasteiger partial charge >= 0.3 is 0 Å². The lowest BCUT2D eigenvalue weighted by molar-refractivity contribution is 1.19. The van der Waals surface area contributed by atoms with Crippen molar-refractivity contribution in [1.29, 1.82) is 0 Å². The molecule has 2 N–H and O–H groups in total. The fourth-order valence-corrected chi connectivity index (χ4v) is 2.37. The largest absolute Gasteiger partial charge is 0.390 e. The molecule has 1 aromatic heterocycles. The van der Waals surface area contributed by atoms with Crippen molar-refractivity contribution in [3.8, 4) is 11.1 Å². The predicted octanol–water partition coefficient (Wildman–Crippen LogP) is 3.56. The first-order valence-corrected chi connectivity index (χ1v) is 5.56. The molecule has 1 heterocycles. The SMILES string of the molecule is CCc1cc(-c2ccccc2)c(N)s1. The molecule has 0 aliphatic carbocycles. The summed E-state index contributed by atoms with van der Waals surface area (Å²) < 4.78 is 0. The highest BCUT2D eigenvalue weighted by atomic mass is 32.1. The van der Waals surface area contributed by atoms with Gasteiger partial charge in [0, 0.05) is 10.4 Å². The van der Waals surface area contributed by atoms with Crippen molar-refractivity contribution in [2.45, 2.75) is 13.3 Å². The second-order valence-corrected chi connectivity index (χ2v) is 4.38. The molecule has 0 spiro atoms. The van der Waals surface area contributed by atoms with Crippen LogP contribution in [0.3, 0.4) is 0 Å². The maximum atomic E-state index is 5.97. The zero-order valence-electron chi connectivity index (χ0n) is 8.16. The van der Waals surface area contributed by atoms with Gasteiger partial charge in [-0.25, -0.2) is 0 Å². The lowest BCUT2D eigenvalue weighted by Crippen LogP contribution is -1.82. The van der Waals surface area contributed by atoms with Crippen LogP contribution in [0.1, 0.15) is 11.8 Å². The first-order valence-electron chi connectivity index (χ1n) is 4.75. The summed E-state index contributed by atoms with van der Waals surface area (Å²) in [6.07, 6.45) is 1.06. The molecule has 0 saturated heterocycles. The van der Waals surface area contributed by atoms with E-state index in [0.29, 0.717) is 0 Å². The molecule has 0 fully saturated rings. The molecule has 0 bridgehead atoms. The van der Waals surface area contributed by atoms with Gasteiger partial charge in [-0.05, 0) is 18.1 Å². The average molecular weight is 203 g/mol. The lowest BCUT2D eigenvalue weighted by atomic mass is 10.1. The van der Waals surface area contributed by atoms with Gasteiger partial charge in [-0.2, -0.15) is 0 Å². The second-order valence-electron chi connectivity index (χ2n) is 3.21. The van der Waals surface area contributed by atoms with Gasteiger partial charge in [0.1, 0.15) is 0 Å². The molecule has 72 valence electrons. The van der Waals surface area contributed by atoms with Crippen molar-refractivity contribution < 1.29 is 0 Å². The number of hydrogen-bond acceptors (Lipinski definition) is 2. The summed E-state index contributed by atoms with van der Waals surface area (Å²) in [4.78, 5) is 1.35. The first kappa shape index (κ1) is 9.28. The summed E-state index contributed by atoms with van der Waals surface area (Å²) in [5.74, 6) is 0. The fourth-order valence-electron chi connectivity index (χ4n) is 1.48. The maximum Gasteiger partial charge on any atom is 0.0938 e. The third-order valence-corrected chi connectivity index (χ3v) is 3.35. The Morgan fingerprint density at radius 3 is 2.50 bits per heavy atom. The van der Waals surface area contributed by atoms with Crippen molar-refractivity contribution >= 4 is 16.3 Å². The van der Waals surface area contributed by atoms with E-state index >= 15 is 0 Å². The molecular weight excluding hydrogens is 190 g/mol. The molecule has 1 aromatic carbocycles. The number of benzene rings is 1. The summed E-state index contributed by atoms with van der Waals surface area (Å²) >= 11 is 1.69. The Morgan fingerprint density at radius 1 is 1.21 bits per heavy atom. The van der Waals surface area contributed by atoms with E-state index in [-0.39, 0.29) is 0 Å². The Labute approximate surface area is 88.2 Å². The third kappa shape index (κ3) is 1.66. The van der Waals surface area contributed by atoms with Gasteiger partial charge in [0.05, 0.1) is 5.00 Å². The van der Waals surface area contributed by atoms with Crippen LogP contribution in [0.4, 0.5) is 5.00 Å². The zero-order valence-corrected chi connectivity index (χ0v) is 8.97. The van der Waals surface area contributed by atoms with Crippen molar-refractivity contribution in [3.05, 3.63) is 41.3 Å². The third-order valence-electron chi connectivity index (χ3n) is 2.25. The summed E-state index contributed by atoms with van der Waals surface area (Å²) in [7, 11) is 0. The van der Waals surface area contributed by atoms with Crippen LogP contribution in [0.2, 0.25) is 0 Å². The van der Waals surface area contributed by atoms with Crippen LogP contribution in [0, 0.1) is 0 Å². The molecule has 0 saturated carbocycles. The lowest BCUT2D eigenvalue weighted by Gasteiger charge is -1.97. The van der Waals surface area contributed by atoms with Gasteiger partial charge in [0.25, 0.3) is 0 Å². The Kier molecular flexibility index (Phi) is 2.55. The molecule has 2 rings (SSSR count). The minimum Gasteiger partial charge on any atom is -0.390 e. The Hall–Kier alpha value is -1.28. The second kappa shape index (κ2) is 3.84. The number of thiophene rings is 1. The van der Waals surface area contributed by atoms with E-state index < -0.39 is 0 Å². The molecule has 0 radical (unpaired) electrons. The molecule has 1 nitrogen and oxygen atoms in total. The number of nitrogens with two attached hydrogens (primary N) is 1. The number of hydrogen-bond donors (Lipinski definition) is 1. The number of rotatable bonds is 2. The Balaban J connectivity index is 2.46. The van der Waals surface area contributed by atoms with Gasteiger partial charge in [-0.15, -0.1) is 11.3 Å². The van der Waals surface area contributed by atoms with Crippen LogP contribution in [0.15, 0.2) is 36.4 Å². The molecule has 0 aliphatic heterocycles. The van der Waals surface area contributed by atoms with Gasteiger partial charge in [0.2, 0.25) is 0 Å². The molecular formula is C12H13NS. The van der Waals surface area contributed by atoms with E-state index in [1.807, 2.05) is 18.2 Å². The summed E-state index contributed by atoms with van der Waals surface area (Å²) in [5, 5.41) is 0.924. The standard InChI is InChI=1S/C12H13NS/c1-2-10-8-11(12(13)14-10)9-6-4-3-5-7-9/h3-8H,2,13H2,1H3. The Bertz CT molecular complexity index is 417. The smallest absolute Gasteiger partial charge is 0.0938 e. The highest BCUT2D eigenvalue weighted by molar-refractivity contribution is 7.16. The first-order chi connectivity index (χ1) is 6.81. The summed E-state index contributed by atoms with van der Waals surface area (Å²) in [6, 6.07) is 12.5. The minimum absolute atomic E-state index is 0.924. The quantitative estimate of drug-likeness (QED) is 0.793. The van der Waals surface area contributed by atoms with Crippen LogP contribution in [0.5, 0.6) is 0 Å². The summed E-state index contributed by atoms with van der Waals surface area (Å²) in [6.45, 7) is 2.15. The fraction of sp³-hybridized carbons (Fsp3) is 0.167. The highest BCUT2D eigenvalue weighted by Crippen LogP contribution is 2.33. The van der Waals surface area contributed by atoms with E-state index in [0.717, 1.165) is 11.4 Å². The molecule has 0 amide bonds. The molecule has 2 aromatic rings. The van der Waals surface area contributed by atoms with E-state index in [2.05, 4.69) is 25.1 Å². The van der Waals surface area contributed by atoms with Crippen LogP contribution in [0.25, 0.3) is 11.1 Å². The number of anilines is 1. The van der Waals surface area contributed by atoms with E-state index in [1.165, 1.54) is 16.0 Å². The molecule has 14 heavy (non-hydrogen) atoms. The van der Waals surface area contributed by atoms with Crippen molar-refractivity contribution in [2.75, 3.05) is 5.73 Å². The molecule has 0 atom stereocenters. The van der Waals surface area contributed by atoms with Crippen LogP contribution in [-0.4, -0.2) is 0 Å². The van der Waals surface area contributed by atoms with Gasteiger partial charge < -0.3 is 5.73 Å². The molecule has 0 unspecified atom stereocenters. The van der Waals surface area contributed by atoms with E-state index in [9.17, 15) is 0 Å². The van der Waals surface area contributed by atoms with Crippen LogP contribution < -0.4 is 5.73 Å². The van der Waals surface area contributed by atoms with Crippen LogP contribution >= 0.6 is 11.3 Å². The van der Waals surface area contributed by atoms with Gasteiger partial charge in [-0.1, -0.05) is 37.3 Å². The minimum atomic E-state index is 0.924. The number of nitrogen functional groups attached to an aromatic ring is 1. The number of aryl methyl sites for hydroxylation is 1. The maximum absolute atomic E-state index is 5.97. The molecule has 2 heteroatoms. The Morgan fingerprint density at radius 2 is 1.93 bits per heavy atom. The monoisotopic (exact) mass is 203 g/mol. The highest BCUT2D eigenvalue weighted by Gasteiger charge is 2.06. The van der Waals surface area contributed by atoms with Crippen molar-refractivity contribution in [2.24, 2.45) is 0 Å². The van der Waals surface area contributed by atoms with Crippen molar-refractivity contribution in [3.63, 3.8) is 0 Å². The van der Waals surface area contributed by atoms with E-state index in [4.69, 9.17) is 5.73 Å². The van der Waals surface area contributed by atoms with Crippen LogP contribution in [-0.2, 0) is 6.42 Å². The normalized spacial score (nSPS) is 10.4. The predicted molar refractivity (Wildman–Crippen MR) is 63.5 cm³/mol. The van der Waals surface area contributed by atoms with Gasteiger partial charge in [-0.3, -0.25) is 0 Å². The van der Waals surface area contributed by atoms with Crippen molar-refractivity contribution in [1.82, 2.24) is 0 Å². The topological polar surface area (TPSA) is 26.0 Å². The zero-order chi connectivity index (χ0) is 9.97. The average Bonchev–Trinajstić information content (AvgIpc) is 2.61. The van der Waals surface area contributed by atoms with Gasteiger partial charge in [0.15, 0.2) is 0 Å². The summed E-state index contributed by atoms with van der Waals surface area (Å²) in [5.41, 5.74) is 8.35. The van der Waals surface area contributed by atoms with E-state index in [1.54, 1.807) is 11.3 Å². The molecule has 0 aliphatic rings.